The molecule has 94 valence electrons. The highest BCUT2D eigenvalue weighted by atomic mass is 35.5. The Balaban J connectivity index is 2.61. The van der Waals surface area contributed by atoms with Crippen LogP contribution < -0.4 is 10.6 Å². The van der Waals surface area contributed by atoms with E-state index in [1.807, 2.05) is 13.0 Å². The van der Waals surface area contributed by atoms with E-state index in [2.05, 4.69) is 34.5 Å². The van der Waals surface area contributed by atoms with E-state index < -0.39 is 0 Å². The summed E-state index contributed by atoms with van der Waals surface area (Å²) in [6.07, 6.45) is 1.74. The molecule has 1 rings (SSSR count). The summed E-state index contributed by atoms with van der Waals surface area (Å²) < 4.78 is 0. The van der Waals surface area contributed by atoms with Gasteiger partial charge >= 0.3 is 0 Å². The first-order chi connectivity index (χ1) is 8.11. The second-order valence-electron chi connectivity index (χ2n) is 3.98. The van der Waals surface area contributed by atoms with Crippen LogP contribution in [0.5, 0.6) is 0 Å². The van der Waals surface area contributed by atoms with Crippen molar-refractivity contribution in [3.63, 3.8) is 0 Å². The van der Waals surface area contributed by atoms with Crippen LogP contribution in [0.15, 0.2) is 23.3 Å². The third-order valence-corrected chi connectivity index (χ3v) is 2.20. The molecule has 2 N–H and O–H groups in total. The third-order valence-electron chi connectivity index (χ3n) is 1.98. The largest absolute Gasteiger partial charge is 0.357 e. The molecule has 1 aromatic heterocycles. The zero-order valence-electron chi connectivity index (χ0n) is 10.5. The number of pyridine rings is 1. The molecule has 0 atom stereocenters. The van der Waals surface area contributed by atoms with Gasteiger partial charge in [-0.2, -0.15) is 0 Å². The van der Waals surface area contributed by atoms with Crippen molar-refractivity contribution in [3.8, 4) is 0 Å². The minimum atomic E-state index is 0.358. The smallest absolute Gasteiger partial charge is 0.191 e. The lowest BCUT2D eigenvalue weighted by Gasteiger charge is -2.13. The van der Waals surface area contributed by atoms with Gasteiger partial charge in [0.05, 0.1) is 6.54 Å². The van der Waals surface area contributed by atoms with Gasteiger partial charge in [-0.1, -0.05) is 17.7 Å². The predicted octanol–water partition coefficient (Wildman–Crippen LogP) is 2.20. The Bertz CT molecular complexity index is 359. The molecule has 0 fully saturated rings. The Labute approximate surface area is 108 Å². The predicted molar refractivity (Wildman–Crippen MR) is 72.3 cm³/mol. The maximum absolute atomic E-state index is 5.72. The van der Waals surface area contributed by atoms with Crippen molar-refractivity contribution in [2.75, 3.05) is 6.54 Å². The van der Waals surface area contributed by atoms with E-state index in [0.29, 0.717) is 17.7 Å². The number of nitrogens with zero attached hydrogens (tertiary/aromatic N) is 2. The second kappa shape index (κ2) is 7.12. The van der Waals surface area contributed by atoms with Crippen molar-refractivity contribution in [3.05, 3.63) is 29.0 Å². The zero-order valence-corrected chi connectivity index (χ0v) is 11.3. The molecule has 0 radical (unpaired) electrons. The van der Waals surface area contributed by atoms with Crippen LogP contribution in [-0.4, -0.2) is 23.5 Å². The van der Waals surface area contributed by atoms with Gasteiger partial charge in [0, 0.05) is 18.8 Å². The minimum Gasteiger partial charge on any atom is -0.357 e. The van der Waals surface area contributed by atoms with Gasteiger partial charge in [0.2, 0.25) is 0 Å². The summed E-state index contributed by atoms with van der Waals surface area (Å²) >= 11 is 5.72. The molecule has 0 amide bonds. The molecule has 0 saturated heterocycles. The van der Waals surface area contributed by atoms with Gasteiger partial charge in [-0.3, -0.25) is 0 Å². The summed E-state index contributed by atoms with van der Waals surface area (Å²) in [7, 11) is 0. The minimum absolute atomic E-state index is 0.358. The topological polar surface area (TPSA) is 49.3 Å². The normalized spacial score (nSPS) is 11.7. The molecule has 0 spiro atoms. The van der Waals surface area contributed by atoms with E-state index in [-0.39, 0.29) is 0 Å². The van der Waals surface area contributed by atoms with E-state index in [4.69, 9.17) is 11.6 Å². The number of aliphatic imine (C=N–C) groups is 1. The Morgan fingerprint density at radius 1 is 1.47 bits per heavy atom. The van der Waals surface area contributed by atoms with Crippen molar-refractivity contribution < 1.29 is 0 Å². The van der Waals surface area contributed by atoms with E-state index in [0.717, 1.165) is 18.1 Å². The Kier molecular flexibility index (Phi) is 5.77. The maximum Gasteiger partial charge on any atom is 0.191 e. The lowest BCUT2D eigenvalue weighted by molar-refractivity contribution is 0.700. The number of guanidine groups is 1. The summed E-state index contributed by atoms with van der Waals surface area (Å²) in [6.45, 7) is 7.64. The summed E-state index contributed by atoms with van der Waals surface area (Å²) in [5, 5.41) is 6.95. The first kappa shape index (κ1) is 13.8. The van der Waals surface area contributed by atoms with E-state index in [1.165, 1.54) is 0 Å². The molecule has 1 heterocycles. The van der Waals surface area contributed by atoms with Gasteiger partial charge in [-0.05, 0) is 32.4 Å². The highest BCUT2D eigenvalue weighted by Gasteiger charge is 1.99. The summed E-state index contributed by atoms with van der Waals surface area (Å²) in [5.74, 6) is 0.817. The third kappa shape index (κ3) is 5.54. The molecule has 0 aromatic carbocycles. The molecule has 0 saturated carbocycles. The Morgan fingerprint density at radius 3 is 2.76 bits per heavy atom. The SMILES string of the molecule is CCNC(=NCc1ccc(Cl)nc1)NC(C)C. The first-order valence-electron chi connectivity index (χ1n) is 5.77. The van der Waals surface area contributed by atoms with Gasteiger partial charge in [0.25, 0.3) is 0 Å². The van der Waals surface area contributed by atoms with Crippen molar-refractivity contribution in [2.24, 2.45) is 4.99 Å². The monoisotopic (exact) mass is 254 g/mol. The number of rotatable bonds is 4. The Morgan fingerprint density at radius 2 is 2.24 bits per heavy atom. The molecule has 0 bridgehead atoms. The van der Waals surface area contributed by atoms with Crippen LogP contribution in [0, 0.1) is 0 Å². The van der Waals surface area contributed by atoms with Gasteiger partial charge in [0.1, 0.15) is 5.15 Å². The maximum atomic E-state index is 5.72. The molecular formula is C12H19ClN4. The van der Waals surface area contributed by atoms with Crippen LogP contribution in [0.1, 0.15) is 26.3 Å². The molecule has 5 heteroatoms. The molecular weight excluding hydrogens is 236 g/mol. The van der Waals surface area contributed by atoms with Crippen molar-refractivity contribution in [1.29, 1.82) is 0 Å². The van der Waals surface area contributed by atoms with Crippen molar-refractivity contribution >= 4 is 17.6 Å². The first-order valence-corrected chi connectivity index (χ1v) is 6.15. The van der Waals surface area contributed by atoms with Crippen LogP contribution in [-0.2, 0) is 6.54 Å². The summed E-state index contributed by atoms with van der Waals surface area (Å²) in [6, 6.07) is 4.06. The highest BCUT2D eigenvalue weighted by molar-refractivity contribution is 6.29. The number of nitrogens with one attached hydrogen (secondary N) is 2. The molecule has 0 unspecified atom stereocenters. The average molecular weight is 255 g/mol. The van der Waals surface area contributed by atoms with Crippen molar-refractivity contribution in [2.45, 2.75) is 33.4 Å². The fourth-order valence-electron chi connectivity index (χ4n) is 1.26. The van der Waals surface area contributed by atoms with E-state index >= 15 is 0 Å². The Hall–Kier alpha value is -1.29. The standard InChI is InChI=1S/C12H19ClN4/c1-4-14-12(17-9(2)3)16-8-10-5-6-11(13)15-7-10/h5-7,9H,4,8H2,1-3H3,(H2,14,16,17). The average Bonchev–Trinajstić information content (AvgIpc) is 2.27. The van der Waals surface area contributed by atoms with Crippen LogP contribution in [0.25, 0.3) is 0 Å². The lowest BCUT2D eigenvalue weighted by atomic mass is 10.3. The molecule has 4 nitrogen and oxygen atoms in total. The number of aromatic nitrogens is 1. The second-order valence-corrected chi connectivity index (χ2v) is 4.37. The quantitative estimate of drug-likeness (QED) is 0.492. The van der Waals surface area contributed by atoms with Gasteiger partial charge in [-0.25, -0.2) is 9.98 Å². The number of halogens is 1. The van der Waals surface area contributed by atoms with Gasteiger partial charge in [0.15, 0.2) is 5.96 Å². The molecule has 0 aliphatic carbocycles. The lowest BCUT2D eigenvalue weighted by Crippen LogP contribution is -2.40. The van der Waals surface area contributed by atoms with E-state index in [1.54, 1.807) is 12.3 Å². The fraction of sp³-hybridized carbons (Fsp3) is 0.500. The van der Waals surface area contributed by atoms with E-state index in [9.17, 15) is 0 Å². The van der Waals surface area contributed by atoms with Crippen LogP contribution in [0.2, 0.25) is 5.15 Å². The molecule has 0 aliphatic heterocycles. The van der Waals surface area contributed by atoms with Crippen molar-refractivity contribution in [1.82, 2.24) is 15.6 Å². The number of hydrogen-bond acceptors (Lipinski definition) is 2. The van der Waals surface area contributed by atoms with Crippen LogP contribution in [0.4, 0.5) is 0 Å². The molecule has 0 aliphatic rings. The van der Waals surface area contributed by atoms with Crippen LogP contribution >= 0.6 is 11.6 Å². The number of hydrogen-bond donors (Lipinski definition) is 2. The summed E-state index contributed by atoms with van der Waals surface area (Å²) in [4.78, 5) is 8.48. The zero-order chi connectivity index (χ0) is 12.7. The molecule has 1 aromatic rings. The van der Waals surface area contributed by atoms with Gasteiger partial charge < -0.3 is 10.6 Å². The highest BCUT2D eigenvalue weighted by Crippen LogP contribution is 2.05. The van der Waals surface area contributed by atoms with Gasteiger partial charge in [-0.15, -0.1) is 0 Å². The fourth-order valence-corrected chi connectivity index (χ4v) is 1.38. The summed E-state index contributed by atoms with van der Waals surface area (Å²) in [5.41, 5.74) is 1.04. The van der Waals surface area contributed by atoms with Crippen LogP contribution in [0.3, 0.4) is 0 Å². The molecule has 17 heavy (non-hydrogen) atoms.